The van der Waals surface area contributed by atoms with Gasteiger partial charge in [-0.3, -0.25) is 0 Å². The highest BCUT2D eigenvalue weighted by Gasteiger charge is 2.30. The standard InChI is InChI=1S/C23H19F3N4/c1-3-6-22(28-19-11-9-18(10-12-19)23(24,25)26)30-20(4-2)14-21(29-30)17-8-5-7-16(13-17)15-27/h3,5-14,28H,1,4H2,2H3/b22-6-. The third-order valence-electron chi connectivity index (χ3n) is 4.42. The fourth-order valence-electron chi connectivity index (χ4n) is 2.94. The van der Waals surface area contributed by atoms with E-state index in [-0.39, 0.29) is 0 Å². The first kappa shape index (κ1) is 20.9. The molecule has 0 radical (unpaired) electrons. The topological polar surface area (TPSA) is 53.6 Å². The highest BCUT2D eigenvalue weighted by atomic mass is 19.4. The van der Waals surface area contributed by atoms with Gasteiger partial charge in [-0.25, -0.2) is 4.68 Å². The van der Waals surface area contributed by atoms with E-state index in [0.29, 0.717) is 29.2 Å². The lowest BCUT2D eigenvalue weighted by Gasteiger charge is -2.14. The maximum absolute atomic E-state index is 12.8. The van der Waals surface area contributed by atoms with Crippen molar-refractivity contribution in [1.29, 1.82) is 5.26 Å². The molecule has 3 aromatic rings. The van der Waals surface area contributed by atoms with Gasteiger partial charge < -0.3 is 5.32 Å². The molecule has 4 nitrogen and oxygen atoms in total. The van der Waals surface area contributed by atoms with Gasteiger partial charge in [-0.05, 0) is 55.0 Å². The molecule has 0 aliphatic carbocycles. The van der Waals surface area contributed by atoms with Crippen LogP contribution in [0.1, 0.15) is 23.7 Å². The lowest BCUT2D eigenvalue weighted by atomic mass is 10.1. The van der Waals surface area contributed by atoms with Crippen LogP contribution < -0.4 is 5.32 Å². The third kappa shape index (κ3) is 4.61. The summed E-state index contributed by atoms with van der Waals surface area (Å²) in [6.45, 7) is 5.69. The van der Waals surface area contributed by atoms with Gasteiger partial charge in [-0.15, -0.1) is 0 Å². The Hall–Kier alpha value is -3.79. The van der Waals surface area contributed by atoms with E-state index in [1.54, 1.807) is 35.0 Å². The summed E-state index contributed by atoms with van der Waals surface area (Å²) < 4.78 is 40.1. The maximum Gasteiger partial charge on any atom is 0.416 e. The van der Waals surface area contributed by atoms with Crippen molar-refractivity contribution >= 4 is 11.5 Å². The molecule has 7 heteroatoms. The highest BCUT2D eigenvalue weighted by molar-refractivity contribution is 5.68. The van der Waals surface area contributed by atoms with Crippen molar-refractivity contribution < 1.29 is 13.2 Å². The van der Waals surface area contributed by atoms with Crippen LogP contribution in [-0.4, -0.2) is 9.78 Å². The van der Waals surface area contributed by atoms with Crippen LogP contribution in [0.2, 0.25) is 0 Å². The molecule has 0 saturated carbocycles. The SMILES string of the molecule is C=C/C=C(/Nc1ccc(C(F)(F)F)cc1)n1nc(-c2cccc(C#N)c2)cc1CC. The van der Waals surface area contributed by atoms with Crippen molar-refractivity contribution in [2.75, 3.05) is 5.32 Å². The van der Waals surface area contributed by atoms with Gasteiger partial charge in [0, 0.05) is 16.9 Å². The molecule has 1 aromatic heterocycles. The Morgan fingerprint density at radius 2 is 1.93 bits per heavy atom. The van der Waals surface area contributed by atoms with Crippen molar-refractivity contribution in [2.24, 2.45) is 0 Å². The van der Waals surface area contributed by atoms with Crippen LogP contribution in [0.25, 0.3) is 17.1 Å². The Bertz CT molecular complexity index is 1120. The van der Waals surface area contributed by atoms with Crippen LogP contribution in [-0.2, 0) is 12.6 Å². The molecule has 0 fully saturated rings. The summed E-state index contributed by atoms with van der Waals surface area (Å²) >= 11 is 0. The average Bonchev–Trinajstić information content (AvgIpc) is 3.18. The number of nitrogens with one attached hydrogen (secondary N) is 1. The van der Waals surface area contributed by atoms with Gasteiger partial charge in [-0.2, -0.15) is 23.5 Å². The number of hydrogen-bond donors (Lipinski definition) is 1. The molecule has 0 atom stereocenters. The van der Waals surface area contributed by atoms with Gasteiger partial charge in [0.15, 0.2) is 0 Å². The summed E-state index contributed by atoms with van der Waals surface area (Å²) in [5.74, 6) is 0.546. The van der Waals surface area contributed by atoms with Gasteiger partial charge in [-0.1, -0.05) is 31.7 Å². The van der Waals surface area contributed by atoms with Gasteiger partial charge in [0.2, 0.25) is 0 Å². The summed E-state index contributed by atoms with van der Waals surface area (Å²) in [6, 6.07) is 15.9. The van der Waals surface area contributed by atoms with E-state index < -0.39 is 11.7 Å². The molecule has 152 valence electrons. The summed E-state index contributed by atoms with van der Waals surface area (Å²) in [7, 11) is 0. The van der Waals surface area contributed by atoms with Crippen molar-refractivity contribution in [3.63, 3.8) is 0 Å². The molecule has 2 aromatic carbocycles. The summed E-state index contributed by atoms with van der Waals surface area (Å²) in [5, 5.41) is 16.9. The van der Waals surface area contributed by atoms with Gasteiger partial charge in [0.25, 0.3) is 0 Å². The zero-order valence-corrected chi connectivity index (χ0v) is 16.2. The van der Waals surface area contributed by atoms with Crippen LogP contribution in [0.3, 0.4) is 0 Å². The molecule has 0 unspecified atom stereocenters. The zero-order chi connectivity index (χ0) is 21.7. The quantitative estimate of drug-likeness (QED) is 0.502. The van der Waals surface area contributed by atoms with E-state index in [1.807, 2.05) is 19.1 Å². The molecule has 0 spiro atoms. The first-order chi connectivity index (χ1) is 14.4. The van der Waals surface area contributed by atoms with E-state index in [4.69, 9.17) is 5.26 Å². The normalized spacial score (nSPS) is 11.8. The van der Waals surface area contributed by atoms with Crippen molar-refractivity contribution in [2.45, 2.75) is 19.5 Å². The zero-order valence-electron chi connectivity index (χ0n) is 16.2. The van der Waals surface area contributed by atoms with Gasteiger partial charge >= 0.3 is 6.18 Å². The highest BCUT2D eigenvalue weighted by Crippen LogP contribution is 2.30. The van der Waals surface area contributed by atoms with Crippen molar-refractivity contribution in [3.8, 4) is 17.3 Å². The number of alkyl halides is 3. The number of nitriles is 1. The number of benzene rings is 2. The van der Waals surface area contributed by atoms with Crippen LogP contribution in [0.5, 0.6) is 0 Å². The van der Waals surface area contributed by atoms with Crippen molar-refractivity contribution in [3.05, 3.63) is 90.1 Å². The minimum atomic E-state index is -4.39. The molecule has 1 heterocycles. The molecular weight excluding hydrogens is 389 g/mol. The number of nitrogens with zero attached hydrogens (tertiary/aromatic N) is 3. The number of aromatic nitrogens is 2. The second-order valence-corrected chi connectivity index (χ2v) is 6.47. The minimum Gasteiger partial charge on any atom is -0.340 e. The lowest BCUT2D eigenvalue weighted by molar-refractivity contribution is -0.137. The van der Waals surface area contributed by atoms with Crippen LogP contribution in [0, 0.1) is 11.3 Å². The van der Waals surface area contributed by atoms with E-state index in [9.17, 15) is 13.2 Å². The number of hydrogen-bond acceptors (Lipinski definition) is 3. The number of rotatable bonds is 6. The molecule has 0 aliphatic heterocycles. The number of anilines is 1. The van der Waals surface area contributed by atoms with Gasteiger partial charge in [0.05, 0.1) is 22.9 Å². The van der Waals surface area contributed by atoms with Crippen LogP contribution in [0.4, 0.5) is 18.9 Å². The fraction of sp³-hybridized carbons (Fsp3) is 0.130. The maximum atomic E-state index is 12.8. The fourth-order valence-corrected chi connectivity index (χ4v) is 2.94. The molecule has 0 bridgehead atoms. The number of allylic oxidation sites excluding steroid dienone is 2. The Morgan fingerprint density at radius 3 is 2.53 bits per heavy atom. The Labute approximate surface area is 172 Å². The van der Waals surface area contributed by atoms with E-state index >= 15 is 0 Å². The summed E-state index contributed by atoms with van der Waals surface area (Å²) in [5.41, 5.74) is 2.69. The van der Waals surface area contributed by atoms with E-state index in [0.717, 1.165) is 23.4 Å². The first-order valence-electron chi connectivity index (χ1n) is 9.22. The summed E-state index contributed by atoms with van der Waals surface area (Å²) in [6.07, 6.45) is -0.445. The Morgan fingerprint density at radius 1 is 1.20 bits per heavy atom. The Kier molecular flexibility index (Phi) is 6.07. The van der Waals surface area contributed by atoms with E-state index in [2.05, 4.69) is 23.1 Å². The second-order valence-electron chi connectivity index (χ2n) is 6.47. The van der Waals surface area contributed by atoms with Crippen molar-refractivity contribution in [1.82, 2.24) is 9.78 Å². The minimum absolute atomic E-state index is 0.488. The Balaban J connectivity index is 1.96. The predicted octanol–water partition coefficient (Wildman–Crippen LogP) is 6.10. The molecule has 1 N–H and O–H groups in total. The molecule has 30 heavy (non-hydrogen) atoms. The monoisotopic (exact) mass is 408 g/mol. The average molecular weight is 408 g/mol. The smallest absolute Gasteiger partial charge is 0.340 e. The molecule has 0 saturated heterocycles. The molecule has 3 rings (SSSR count). The largest absolute Gasteiger partial charge is 0.416 e. The van der Waals surface area contributed by atoms with Crippen LogP contribution in [0.15, 0.2) is 73.3 Å². The lowest BCUT2D eigenvalue weighted by Crippen LogP contribution is -2.11. The predicted molar refractivity (Wildman–Crippen MR) is 111 cm³/mol. The van der Waals surface area contributed by atoms with Gasteiger partial charge in [0.1, 0.15) is 5.82 Å². The number of halogens is 3. The summed E-state index contributed by atoms with van der Waals surface area (Å²) in [4.78, 5) is 0. The molecule has 0 amide bonds. The van der Waals surface area contributed by atoms with E-state index in [1.165, 1.54) is 12.1 Å². The molecule has 0 aliphatic rings. The number of aryl methyl sites for hydroxylation is 1. The molecular formula is C23H19F3N4. The first-order valence-corrected chi connectivity index (χ1v) is 9.22. The third-order valence-corrected chi connectivity index (χ3v) is 4.42. The second kappa shape index (κ2) is 8.70. The van der Waals surface area contributed by atoms with Crippen LogP contribution >= 0.6 is 0 Å².